The second-order valence-corrected chi connectivity index (χ2v) is 7.45. The number of halogens is 2. The lowest BCUT2D eigenvalue weighted by Gasteiger charge is -2.20. The molecule has 3 aromatic carbocycles. The summed E-state index contributed by atoms with van der Waals surface area (Å²) < 4.78 is 5.81. The summed E-state index contributed by atoms with van der Waals surface area (Å²) in [6.45, 7) is 2.58. The predicted molar refractivity (Wildman–Crippen MR) is 116 cm³/mol. The van der Waals surface area contributed by atoms with E-state index >= 15 is 0 Å². The highest BCUT2D eigenvalue weighted by Crippen LogP contribution is 2.38. The van der Waals surface area contributed by atoms with Crippen LogP contribution in [-0.4, -0.2) is 12.4 Å². The standard InChI is InChI=1S/C23H20Cl2N2O/c1-2-28-20-6-4-3-5-19(20)23-26-21(15-7-11-17(24)12-8-15)22(27-23)16-9-13-18(25)14-10-16/h3-14,21-22H,2H2,1H3,(H,26,27). The minimum absolute atomic E-state index is 0.0110. The Morgan fingerprint density at radius 2 is 1.46 bits per heavy atom. The third kappa shape index (κ3) is 3.87. The molecular formula is C23H20Cl2N2O. The van der Waals surface area contributed by atoms with Gasteiger partial charge in [0.25, 0.3) is 0 Å². The molecule has 3 nitrogen and oxygen atoms in total. The molecule has 1 aliphatic rings. The van der Waals surface area contributed by atoms with Crippen LogP contribution in [0.5, 0.6) is 5.75 Å². The van der Waals surface area contributed by atoms with E-state index in [9.17, 15) is 0 Å². The van der Waals surface area contributed by atoms with Gasteiger partial charge in [0.2, 0.25) is 0 Å². The van der Waals surface area contributed by atoms with Gasteiger partial charge in [-0.05, 0) is 54.4 Å². The van der Waals surface area contributed by atoms with Crippen molar-refractivity contribution in [3.63, 3.8) is 0 Å². The lowest BCUT2D eigenvalue weighted by atomic mass is 9.95. The largest absolute Gasteiger partial charge is 0.493 e. The first-order valence-corrected chi connectivity index (χ1v) is 9.99. The number of rotatable bonds is 5. The number of para-hydroxylation sites is 1. The Bertz CT molecular complexity index is 984. The molecule has 2 atom stereocenters. The molecule has 142 valence electrons. The number of hydrogen-bond acceptors (Lipinski definition) is 3. The van der Waals surface area contributed by atoms with Crippen LogP contribution >= 0.6 is 23.2 Å². The number of amidine groups is 1. The predicted octanol–water partition coefficient (Wildman–Crippen LogP) is 6.22. The molecule has 0 spiro atoms. The van der Waals surface area contributed by atoms with Gasteiger partial charge in [-0.25, -0.2) is 0 Å². The van der Waals surface area contributed by atoms with E-state index in [1.807, 2.05) is 79.7 Å². The SMILES string of the molecule is CCOc1ccccc1C1=NC(c2ccc(Cl)cc2)C(c2ccc(Cl)cc2)N1. The topological polar surface area (TPSA) is 33.6 Å². The minimum Gasteiger partial charge on any atom is -0.493 e. The van der Waals surface area contributed by atoms with E-state index in [2.05, 4.69) is 5.32 Å². The highest BCUT2D eigenvalue weighted by atomic mass is 35.5. The van der Waals surface area contributed by atoms with Gasteiger partial charge >= 0.3 is 0 Å². The second kappa shape index (κ2) is 8.26. The molecule has 2 unspecified atom stereocenters. The number of hydrogen-bond donors (Lipinski definition) is 1. The van der Waals surface area contributed by atoms with E-state index < -0.39 is 0 Å². The summed E-state index contributed by atoms with van der Waals surface area (Å²) >= 11 is 12.2. The first kappa shape index (κ1) is 18.9. The molecule has 0 aromatic heterocycles. The smallest absolute Gasteiger partial charge is 0.133 e. The van der Waals surface area contributed by atoms with Crippen LogP contribution < -0.4 is 10.1 Å². The molecule has 1 N–H and O–H groups in total. The average molecular weight is 411 g/mol. The van der Waals surface area contributed by atoms with Crippen molar-refractivity contribution in [1.82, 2.24) is 5.32 Å². The maximum atomic E-state index is 6.09. The average Bonchev–Trinajstić information content (AvgIpc) is 3.15. The fraction of sp³-hybridized carbons (Fsp3) is 0.174. The normalized spacial score (nSPS) is 18.5. The summed E-state index contributed by atoms with van der Waals surface area (Å²) in [4.78, 5) is 5.03. The van der Waals surface area contributed by atoms with Gasteiger partial charge in [-0.2, -0.15) is 0 Å². The van der Waals surface area contributed by atoms with Gasteiger partial charge in [-0.1, -0.05) is 59.6 Å². The lowest BCUT2D eigenvalue weighted by Crippen LogP contribution is -2.25. The molecule has 1 aliphatic heterocycles. The third-order valence-electron chi connectivity index (χ3n) is 4.76. The molecule has 5 heteroatoms. The van der Waals surface area contributed by atoms with Crippen molar-refractivity contribution in [2.24, 2.45) is 4.99 Å². The van der Waals surface area contributed by atoms with Crippen molar-refractivity contribution >= 4 is 29.0 Å². The number of aliphatic imine (C=N–C) groups is 1. The number of ether oxygens (including phenoxy) is 1. The van der Waals surface area contributed by atoms with Crippen LogP contribution in [-0.2, 0) is 0 Å². The maximum Gasteiger partial charge on any atom is 0.133 e. The van der Waals surface area contributed by atoms with Crippen LogP contribution in [0.15, 0.2) is 77.8 Å². The summed E-state index contributed by atoms with van der Waals surface area (Å²) in [6, 6.07) is 23.6. The van der Waals surface area contributed by atoms with Crippen LogP contribution in [0.1, 0.15) is 35.7 Å². The van der Waals surface area contributed by atoms with Gasteiger partial charge in [-0.3, -0.25) is 4.99 Å². The Kier molecular flexibility index (Phi) is 5.56. The molecule has 0 fully saturated rings. The quantitative estimate of drug-likeness (QED) is 0.540. The van der Waals surface area contributed by atoms with E-state index in [1.54, 1.807) is 0 Å². The lowest BCUT2D eigenvalue weighted by molar-refractivity contribution is 0.339. The molecule has 0 aliphatic carbocycles. The van der Waals surface area contributed by atoms with Crippen molar-refractivity contribution in [2.45, 2.75) is 19.0 Å². The first-order chi connectivity index (χ1) is 13.7. The number of benzene rings is 3. The van der Waals surface area contributed by atoms with E-state index in [-0.39, 0.29) is 12.1 Å². The zero-order valence-electron chi connectivity index (χ0n) is 15.4. The summed E-state index contributed by atoms with van der Waals surface area (Å²) in [5.41, 5.74) is 3.18. The number of nitrogens with one attached hydrogen (secondary N) is 1. The van der Waals surface area contributed by atoms with Gasteiger partial charge < -0.3 is 10.1 Å². The Balaban J connectivity index is 1.76. The molecule has 0 bridgehead atoms. The number of nitrogens with zero attached hydrogens (tertiary/aromatic N) is 1. The molecule has 4 rings (SSSR count). The fourth-order valence-electron chi connectivity index (χ4n) is 3.43. The van der Waals surface area contributed by atoms with E-state index in [4.69, 9.17) is 32.9 Å². The van der Waals surface area contributed by atoms with Crippen LogP contribution in [0.25, 0.3) is 0 Å². The summed E-state index contributed by atoms with van der Waals surface area (Å²) in [7, 11) is 0. The molecule has 1 heterocycles. The van der Waals surface area contributed by atoms with Gasteiger partial charge in [0.1, 0.15) is 17.6 Å². The summed E-state index contributed by atoms with van der Waals surface area (Å²) in [5, 5.41) is 5.03. The fourth-order valence-corrected chi connectivity index (χ4v) is 3.68. The molecule has 0 radical (unpaired) electrons. The summed E-state index contributed by atoms with van der Waals surface area (Å²) in [5.74, 6) is 1.65. The Morgan fingerprint density at radius 1 is 0.857 bits per heavy atom. The molecular weight excluding hydrogens is 391 g/mol. The van der Waals surface area contributed by atoms with Gasteiger partial charge in [0.05, 0.1) is 18.2 Å². The molecule has 0 amide bonds. The highest BCUT2D eigenvalue weighted by Gasteiger charge is 2.32. The van der Waals surface area contributed by atoms with Crippen molar-refractivity contribution in [2.75, 3.05) is 6.61 Å². The zero-order chi connectivity index (χ0) is 19.5. The van der Waals surface area contributed by atoms with Crippen LogP contribution in [0, 0.1) is 0 Å². The molecule has 0 saturated heterocycles. The molecule has 0 saturated carbocycles. The van der Waals surface area contributed by atoms with E-state index in [0.717, 1.165) is 28.3 Å². The van der Waals surface area contributed by atoms with Gasteiger partial charge in [0, 0.05) is 10.0 Å². The van der Waals surface area contributed by atoms with Crippen LogP contribution in [0.3, 0.4) is 0 Å². The first-order valence-electron chi connectivity index (χ1n) is 9.23. The highest BCUT2D eigenvalue weighted by molar-refractivity contribution is 6.30. The zero-order valence-corrected chi connectivity index (χ0v) is 16.9. The van der Waals surface area contributed by atoms with Crippen molar-refractivity contribution < 1.29 is 4.74 Å². The molecule has 28 heavy (non-hydrogen) atoms. The Morgan fingerprint density at radius 3 is 2.11 bits per heavy atom. The van der Waals surface area contributed by atoms with Crippen molar-refractivity contribution in [1.29, 1.82) is 0 Å². The van der Waals surface area contributed by atoms with Gasteiger partial charge in [0.15, 0.2) is 0 Å². The van der Waals surface area contributed by atoms with Crippen molar-refractivity contribution in [3.05, 3.63) is 99.5 Å². The minimum atomic E-state index is -0.0804. The Labute approximate surface area is 175 Å². The van der Waals surface area contributed by atoms with Gasteiger partial charge in [-0.15, -0.1) is 0 Å². The monoisotopic (exact) mass is 410 g/mol. The third-order valence-corrected chi connectivity index (χ3v) is 5.26. The van der Waals surface area contributed by atoms with Crippen LogP contribution in [0.4, 0.5) is 0 Å². The van der Waals surface area contributed by atoms with E-state index in [0.29, 0.717) is 16.7 Å². The maximum absolute atomic E-state index is 6.09. The Hall–Kier alpha value is -2.49. The second-order valence-electron chi connectivity index (χ2n) is 6.58. The van der Waals surface area contributed by atoms with Crippen LogP contribution in [0.2, 0.25) is 10.0 Å². The van der Waals surface area contributed by atoms with Crippen molar-refractivity contribution in [3.8, 4) is 5.75 Å². The molecule has 3 aromatic rings. The summed E-state index contributed by atoms with van der Waals surface area (Å²) in [6.07, 6.45) is 0. The van der Waals surface area contributed by atoms with E-state index in [1.165, 1.54) is 0 Å².